The summed E-state index contributed by atoms with van der Waals surface area (Å²) < 4.78 is 0. The lowest BCUT2D eigenvalue weighted by molar-refractivity contribution is 0.326. The molecule has 0 atom stereocenters. The smallest absolute Gasteiger partial charge is 0.0730 e. The number of halogens is 2. The lowest BCUT2D eigenvalue weighted by Crippen LogP contribution is -2.21. The van der Waals surface area contributed by atoms with Gasteiger partial charge in [-0.05, 0) is 25.2 Å². The molecule has 2 rings (SSSR count). The first-order valence-corrected chi connectivity index (χ1v) is 6.79. The van der Waals surface area contributed by atoms with Crippen LogP contribution in [0.25, 0.3) is 0 Å². The van der Waals surface area contributed by atoms with Gasteiger partial charge in [0.2, 0.25) is 0 Å². The highest BCUT2D eigenvalue weighted by atomic mass is 35.5. The predicted molar refractivity (Wildman–Crippen MR) is 78.5 cm³/mol. The second-order valence-corrected chi connectivity index (χ2v) is 5.23. The van der Waals surface area contributed by atoms with Crippen LogP contribution in [0.1, 0.15) is 11.4 Å². The highest BCUT2D eigenvalue weighted by Crippen LogP contribution is 2.19. The molecule has 3 nitrogen and oxygen atoms in total. The largest absolute Gasteiger partial charge is 0.300 e. The van der Waals surface area contributed by atoms with Crippen LogP contribution in [0.3, 0.4) is 0 Å². The van der Waals surface area contributed by atoms with Crippen molar-refractivity contribution in [3.63, 3.8) is 0 Å². The fourth-order valence-electron chi connectivity index (χ4n) is 1.75. The summed E-state index contributed by atoms with van der Waals surface area (Å²) in [6, 6.07) is 7.67. The second kappa shape index (κ2) is 6.85. The van der Waals surface area contributed by atoms with Gasteiger partial charge >= 0.3 is 0 Å². The lowest BCUT2D eigenvalue weighted by atomic mass is 10.2. The first kappa shape index (κ1) is 14.3. The van der Waals surface area contributed by atoms with Crippen LogP contribution < -0.4 is 0 Å². The molecule has 0 aliphatic heterocycles. The summed E-state index contributed by atoms with van der Waals surface area (Å²) in [5.74, 6) is 0. The van der Waals surface area contributed by atoms with Crippen molar-refractivity contribution in [2.75, 3.05) is 13.6 Å². The number of nitrogens with zero attached hydrogens (tertiary/aromatic N) is 3. The zero-order valence-corrected chi connectivity index (χ0v) is 12.2. The Morgan fingerprint density at radius 3 is 2.74 bits per heavy atom. The fourth-order valence-corrected chi connectivity index (χ4v) is 2.19. The topological polar surface area (TPSA) is 29.0 Å². The summed E-state index contributed by atoms with van der Waals surface area (Å²) >= 11 is 11.9. The van der Waals surface area contributed by atoms with Crippen LogP contribution in [0.4, 0.5) is 0 Å². The normalized spacial score (nSPS) is 10.9. The Bertz CT molecular complexity index is 531. The Morgan fingerprint density at radius 2 is 2.05 bits per heavy atom. The molecule has 0 unspecified atom stereocenters. The molecule has 0 bridgehead atoms. The predicted octanol–water partition coefficient (Wildman–Crippen LogP) is 3.46. The van der Waals surface area contributed by atoms with E-state index in [0.717, 1.165) is 24.4 Å². The van der Waals surface area contributed by atoms with Gasteiger partial charge in [-0.15, -0.1) is 0 Å². The van der Waals surface area contributed by atoms with E-state index in [4.69, 9.17) is 23.2 Å². The van der Waals surface area contributed by atoms with E-state index >= 15 is 0 Å². The monoisotopic (exact) mass is 295 g/mol. The second-order valence-electron chi connectivity index (χ2n) is 4.39. The maximum Gasteiger partial charge on any atom is 0.0730 e. The molecule has 0 fully saturated rings. The van der Waals surface area contributed by atoms with Crippen LogP contribution in [0.2, 0.25) is 10.0 Å². The van der Waals surface area contributed by atoms with E-state index in [-0.39, 0.29) is 0 Å². The molecule has 2 heterocycles. The van der Waals surface area contributed by atoms with Gasteiger partial charge in [-0.3, -0.25) is 9.97 Å². The van der Waals surface area contributed by atoms with Crippen molar-refractivity contribution in [2.45, 2.75) is 13.0 Å². The van der Waals surface area contributed by atoms with Crippen LogP contribution >= 0.6 is 23.2 Å². The van der Waals surface area contributed by atoms with Crippen LogP contribution in [-0.4, -0.2) is 28.5 Å². The zero-order valence-electron chi connectivity index (χ0n) is 10.7. The van der Waals surface area contributed by atoms with Gasteiger partial charge in [0.05, 0.1) is 15.7 Å². The molecular weight excluding hydrogens is 281 g/mol. The minimum Gasteiger partial charge on any atom is -0.300 e. The van der Waals surface area contributed by atoms with Gasteiger partial charge in [0.25, 0.3) is 0 Å². The fraction of sp³-hybridized carbons (Fsp3) is 0.286. The SMILES string of the molecule is CN(CCc1ccccn1)Cc1ncc(Cl)cc1Cl. The maximum atomic E-state index is 6.10. The number of likely N-dealkylation sites (N-methyl/N-ethyl adjacent to an activating group) is 1. The molecule has 2 aromatic rings. The molecular formula is C14H15Cl2N3. The van der Waals surface area contributed by atoms with E-state index in [1.807, 2.05) is 31.4 Å². The Labute approximate surface area is 123 Å². The van der Waals surface area contributed by atoms with Crippen LogP contribution in [0.15, 0.2) is 36.7 Å². The Kier molecular flexibility index (Phi) is 5.14. The van der Waals surface area contributed by atoms with Crippen molar-refractivity contribution < 1.29 is 0 Å². The molecule has 2 aromatic heterocycles. The van der Waals surface area contributed by atoms with Crippen LogP contribution in [-0.2, 0) is 13.0 Å². The standard InChI is InChI=1S/C14H15Cl2N3/c1-19(7-5-12-4-2-3-6-17-12)10-14-13(16)8-11(15)9-18-14/h2-4,6,8-9H,5,7,10H2,1H3. The van der Waals surface area contributed by atoms with E-state index < -0.39 is 0 Å². The summed E-state index contributed by atoms with van der Waals surface area (Å²) in [6.07, 6.45) is 4.34. The first-order valence-electron chi connectivity index (χ1n) is 6.03. The van der Waals surface area contributed by atoms with E-state index in [1.165, 1.54) is 0 Å². The average Bonchev–Trinajstić information content (AvgIpc) is 2.41. The number of hydrogen-bond acceptors (Lipinski definition) is 3. The van der Waals surface area contributed by atoms with Gasteiger partial charge in [0, 0.05) is 37.6 Å². The van der Waals surface area contributed by atoms with Crippen LogP contribution in [0.5, 0.6) is 0 Å². The molecule has 0 N–H and O–H groups in total. The molecule has 0 aliphatic carbocycles. The minimum atomic E-state index is 0.560. The molecule has 100 valence electrons. The molecule has 19 heavy (non-hydrogen) atoms. The molecule has 5 heteroatoms. The van der Waals surface area contributed by atoms with Crippen molar-refractivity contribution in [3.05, 3.63) is 58.1 Å². The van der Waals surface area contributed by atoms with E-state index in [9.17, 15) is 0 Å². The molecule has 0 amide bonds. The first-order chi connectivity index (χ1) is 9.15. The van der Waals surface area contributed by atoms with Gasteiger partial charge in [-0.25, -0.2) is 0 Å². The van der Waals surface area contributed by atoms with E-state index in [2.05, 4.69) is 14.9 Å². The quantitative estimate of drug-likeness (QED) is 0.846. The summed E-state index contributed by atoms with van der Waals surface area (Å²) in [4.78, 5) is 10.7. The average molecular weight is 296 g/mol. The Hall–Kier alpha value is -1.16. The highest BCUT2D eigenvalue weighted by Gasteiger charge is 2.07. The van der Waals surface area contributed by atoms with Crippen molar-refractivity contribution >= 4 is 23.2 Å². The summed E-state index contributed by atoms with van der Waals surface area (Å²) in [7, 11) is 2.04. The number of rotatable bonds is 5. The molecule has 0 saturated carbocycles. The van der Waals surface area contributed by atoms with Crippen molar-refractivity contribution in [2.24, 2.45) is 0 Å². The minimum absolute atomic E-state index is 0.560. The zero-order chi connectivity index (χ0) is 13.7. The third kappa shape index (κ3) is 4.46. The van der Waals surface area contributed by atoms with Crippen molar-refractivity contribution in [1.29, 1.82) is 0 Å². The molecule has 0 radical (unpaired) electrons. The molecule has 0 aliphatic rings. The molecule has 0 spiro atoms. The number of hydrogen-bond donors (Lipinski definition) is 0. The Balaban J connectivity index is 1.89. The maximum absolute atomic E-state index is 6.10. The summed E-state index contributed by atoms with van der Waals surface area (Å²) in [5, 5.41) is 1.17. The Morgan fingerprint density at radius 1 is 1.21 bits per heavy atom. The van der Waals surface area contributed by atoms with E-state index in [1.54, 1.807) is 12.3 Å². The van der Waals surface area contributed by atoms with Gasteiger partial charge in [0.15, 0.2) is 0 Å². The highest BCUT2D eigenvalue weighted by molar-refractivity contribution is 6.34. The van der Waals surface area contributed by atoms with Crippen LogP contribution in [0, 0.1) is 0 Å². The number of aromatic nitrogens is 2. The summed E-state index contributed by atoms with van der Waals surface area (Å²) in [6.45, 7) is 1.60. The van der Waals surface area contributed by atoms with Gasteiger partial charge < -0.3 is 4.90 Å². The third-order valence-electron chi connectivity index (χ3n) is 2.78. The number of pyridine rings is 2. The van der Waals surface area contributed by atoms with Crippen molar-refractivity contribution in [3.8, 4) is 0 Å². The third-order valence-corrected chi connectivity index (χ3v) is 3.31. The van der Waals surface area contributed by atoms with Crippen molar-refractivity contribution in [1.82, 2.24) is 14.9 Å². The lowest BCUT2D eigenvalue weighted by Gasteiger charge is -2.16. The van der Waals surface area contributed by atoms with E-state index in [0.29, 0.717) is 16.6 Å². The molecule has 0 saturated heterocycles. The van der Waals surface area contributed by atoms with Gasteiger partial charge in [0.1, 0.15) is 0 Å². The van der Waals surface area contributed by atoms with Gasteiger partial charge in [-0.2, -0.15) is 0 Å². The van der Waals surface area contributed by atoms with Gasteiger partial charge in [-0.1, -0.05) is 29.3 Å². The summed E-state index contributed by atoms with van der Waals surface area (Å²) in [5.41, 5.74) is 1.93. The molecule has 0 aromatic carbocycles.